The van der Waals surface area contributed by atoms with Gasteiger partial charge in [-0.15, -0.1) is 0 Å². The molecule has 0 spiro atoms. The summed E-state index contributed by atoms with van der Waals surface area (Å²) in [6, 6.07) is -1.04. The number of hydrogen-bond acceptors (Lipinski definition) is 9. The summed E-state index contributed by atoms with van der Waals surface area (Å²) in [5, 5.41) is 40.3. The number of carbonyl (C=O) groups is 5. The summed E-state index contributed by atoms with van der Waals surface area (Å²) in [4.78, 5) is 64.5. The lowest BCUT2D eigenvalue weighted by Gasteiger charge is -2.35. The summed E-state index contributed by atoms with van der Waals surface area (Å²) in [7, 11) is 5.37. The Balaban J connectivity index is 3.08. The molecule has 1 amide bonds. The summed E-state index contributed by atoms with van der Waals surface area (Å²) in [5.41, 5.74) is 0. The van der Waals surface area contributed by atoms with Crippen LogP contribution in [0.15, 0.2) is 0 Å². The first-order valence-electron chi connectivity index (χ1n) is 11.8. The highest BCUT2D eigenvalue weighted by molar-refractivity contribution is 6.08. The summed E-state index contributed by atoms with van der Waals surface area (Å²) in [5.74, 6) is -4.67. The van der Waals surface area contributed by atoms with Crippen molar-refractivity contribution in [2.45, 2.75) is 25.2 Å². The minimum atomic E-state index is -1.14. The maximum atomic E-state index is 12.1. The SMILES string of the molecule is [B]CCNC(=O)CCC(C(=O)O)N1CCN(CC(=O)O)CCN(CC(=O)O)CCN(CC(=O)O)CC1. The van der Waals surface area contributed by atoms with Crippen LogP contribution < -0.4 is 5.32 Å². The van der Waals surface area contributed by atoms with Crippen LogP contribution >= 0.6 is 0 Å². The van der Waals surface area contributed by atoms with Gasteiger partial charge in [-0.2, -0.15) is 0 Å². The van der Waals surface area contributed by atoms with E-state index in [0.29, 0.717) is 0 Å². The maximum Gasteiger partial charge on any atom is 0.320 e. The minimum Gasteiger partial charge on any atom is -0.480 e. The standard InChI is InChI=1S/C21H36BN5O9/c22-3-4-23-17(28)2-1-16(21(35)36)27-11-9-25(14-19(31)32)7-5-24(13-18(29)30)6-8-26(10-12-27)15-20(33)34/h16H,1-15H2,(H,23,28)(H,29,30)(H,31,32)(H,33,34)(H,35,36). The fourth-order valence-corrected chi connectivity index (χ4v) is 3.94. The Labute approximate surface area is 211 Å². The molecule has 1 aliphatic heterocycles. The summed E-state index contributed by atoms with van der Waals surface area (Å²) in [6.07, 6.45) is 0.216. The minimum absolute atomic E-state index is 0.00991. The number of carboxylic acid groups (broad SMARTS) is 4. The van der Waals surface area contributed by atoms with Gasteiger partial charge in [-0.25, -0.2) is 0 Å². The van der Waals surface area contributed by atoms with E-state index in [2.05, 4.69) is 5.32 Å². The number of nitrogens with zero attached hydrogens (tertiary/aromatic N) is 4. The van der Waals surface area contributed by atoms with E-state index < -0.39 is 29.9 Å². The van der Waals surface area contributed by atoms with Gasteiger partial charge in [-0.1, -0.05) is 6.32 Å². The molecule has 36 heavy (non-hydrogen) atoms. The first-order valence-corrected chi connectivity index (χ1v) is 11.8. The van der Waals surface area contributed by atoms with Crippen LogP contribution in [0.5, 0.6) is 0 Å². The van der Waals surface area contributed by atoms with Gasteiger partial charge in [-0.3, -0.25) is 43.6 Å². The van der Waals surface area contributed by atoms with Crippen LogP contribution in [0, 0.1) is 0 Å². The molecule has 0 aromatic heterocycles. The third-order valence-corrected chi connectivity index (χ3v) is 5.79. The lowest BCUT2D eigenvalue weighted by Crippen LogP contribution is -2.52. The zero-order valence-electron chi connectivity index (χ0n) is 20.4. The van der Waals surface area contributed by atoms with Gasteiger partial charge in [0.25, 0.3) is 0 Å². The molecular formula is C21H36BN5O9. The zero-order valence-corrected chi connectivity index (χ0v) is 20.4. The molecule has 0 aromatic rings. The first-order chi connectivity index (χ1) is 17.0. The molecule has 0 bridgehead atoms. The summed E-state index contributed by atoms with van der Waals surface area (Å²) < 4.78 is 0. The quantitative estimate of drug-likeness (QED) is 0.161. The Morgan fingerprint density at radius 3 is 1.42 bits per heavy atom. The molecule has 0 aliphatic carbocycles. The first kappa shape index (κ1) is 31.3. The third kappa shape index (κ3) is 13.4. The van der Waals surface area contributed by atoms with E-state index in [9.17, 15) is 44.4 Å². The third-order valence-electron chi connectivity index (χ3n) is 5.79. The number of aliphatic carboxylic acids is 4. The van der Waals surface area contributed by atoms with Crippen LogP contribution in [-0.2, 0) is 24.0 Å². The number of rotatable bonds is 13. The van der Waals surface area contributed by atoms with Crippen molar-refractivity contribution in [3.63, 3.8) is 0 Å². The molecular weight excluding hydrogens is 477 g/mol. The van der Waals surface area contributed by atoms with Crippen molar-refractivity contribution in [3.05, 3.63) is 0 Å². The number of hydrogen-bond donors (Lipinski definition) is 5. The van der Waals surface area contributed by atoms with Gasteiger partial charge in [0, 0.05) is 65.3 Å². The number of amides is 1. The zero-order chi connectivity index (χ0) is 27.1. The molecule has 1 atom stereocenters. The van der Waals surface area contributed by atoms with Crippen molar-refractivity contribution >= 4 is 37.6 Å². The van der Waals surface area contributed by atoms with E-state index in [0.717, 1.165) is 0 Å². The van der Waals surface area contributed by atoms with Crippen molar-refractivity contribution in [2.24, 2.45) is 0 Å². The van der Waals surface area contributed by atoms with E-state index in [1.165, 1.54) is 0 Å². The smallest absolute Gasteiger partial charge is 0.320 e. The Morgan fingerprint density at radius 1 is 0.694 bits per heavy atom. The number of nitrogens with one attached hydrogen (secondary N) is 1. The summed E-state index contributed by atoms with van der Waals surface area (Å²) in [6.45, 7) is 1.02. The molecule has 0 saturated carbocycles. The van der Waals surface area contributed by atoms with Gasteiger partial charge in [0.15, 0.2) is 0 Å². The van der Waals surface area contributed by atoms with Crippen LogP contribution in [-0.4, -0.2) is 162 Å². The monoisotopic (exact) mass is 513 g/mol. The van der Waals surface area contributed by atoms with E-state index in [1.807, 2.05) is 0 Å². The second-order valence-corrected chi connectivity index (χ2v) is 8.58. The second-order valence-electron chi connectivity index (χ2n) is 8.58. The van der Waals surface area contributed by atoms with Gasteiger partial charge < -0.3 is 25.7 Å². The van der Waals surface area contributed by atoms with Gasteiger partial charge in [-0.05, 0) is 6.42 Å². The maximum absolute atomic E-state index is 12.1. The predicted octanol–water partition coefficient (Wildman–Crippen LogP) is -2.60. The van der Waals surface area contributed by atoms with Crippen LogP contribution in [0.1, 0.15) is 12.8 Å². The summed E-state index contributed by atoms with van der Waals surface area (Å²) >= 11 is 0. The topological polar surface area (TPSA) is 191 Å². The van der Waals surface area contributed by atoms with Crippen molar-refractivity contribution in [1.82, 2.24) is 24.9 Å². The van der Waals surface area contributed by atoms with Crippen molar-refractivity contribution in [1.29, 1.82) is 0 Å². The molecule has 1 fully saturated rings. The lowest BCUT2D eigenvalue weighted by molar-refractivity contribution is -0.145. The Bertz CT molecular complexity index is 725. The molecule has 1 unspecified atom stereocenters. The van der Waals surface area contributed by atoms with Crippen LogP contribution in [0.25, 0.3) is 0 Å². The number of carbonyl (C=O) groups excluding carboxylic acids is 1. The fraction of sp³-hybridized carbons (Fsp3) is 0.762. The van der Waals surface area contributed by atoms with E-state index in [-0.39, 0.29) is 104 Å². The van der Waals surface area contributed by atoms with Gasteiger partial charge >= 0.3 is 23.9 Å². The highest BCUT2D eigenvalue weighted by Gasteiger charge is 2.28. The molecule has 1 saturated heterocycles. The van der Waals surface area contributed by atoms with Crippen molar-refractivity contribution in [2.75, 3.05) is 78.5 Å². The van der Waals surface area contributed by atoms with Crippen LogP contribution in [0.2, 0.25) is 6.32 Å². The highest BCUT2D eigenvalue weighted by atomic mass is 16.4. The molecule has 15 heteroatoms. The van der Waals surface area contributed by atoms with Crippen LogP contribution in [0.4, 0.5) is 0 Å². The Hall–Kier alpha value is -2.75. The largest absolute Gasteiger partial charge is 0.480 e. The van der Waals surface area contributed by atoms with Gasteiger partial charge in [0.05, 0.1) is 27.5 Å². The lowest BCUT2D eigenvalue weighted by atomic mass is 10.1. The van der Waals surface area contributed by atoms with E-state index in [4.69, 9.17) is 7.85 Å². The molecule has 0 aromatic carbocycles. The molecule has 202 valence electrons. The molecule has 1 aliphatic rings. The number of carboxylic acids is 4. The average Bonchev–Trinajstić information content (AvgIpc) is 2.77. The highest BCUT2D eigenvalue weighted by Crippen LogP contribution is 2.10. The molecule has 1 heterocycles. The average molecular weight is 513 g/mol. The van der Waals surface area contributed by atoms with E-state index >= 15 is 0 Å². The normalized spacial score (nSPS) is 18.4. The van der Waals surface area contributed by atoms with E-state index in [1.54, 1.807) is 19.6 Å². The molecule has 14 nitrogen and oxygen atoms in total. The molecule has 5 N–H and O–H groups in total. The Morgan fingerprint density at radius 2 is 1.08 bits per heavy atom. The molecule has 2 radical (unpaired) electrons. The van der Waals surface area contributed by atoms with Gasteiger partial charge in [0.1, 0.15) is 6.04 Å². The van der Waals surface area contributed by atoms with Crippen LogP contribution in [0.3, 0.4) is 0 Å². The van der Waals surface area contributed by atoms with Crippen molar-refractivity contribution in [3.8, 4) is 0 Å². The Kier molecular flexibility index (Phi) is 14.6. The van der Waals surface area contributed by atoms with Crippen molar-refractivity contribution < 1.29 is 44.4 Å². The van der Waals surface area contributed by atoms with Gasteiger partial charge in [0.2, 0.25) is 5.91 Å². The second kappa shape index (κ2) is 16.8. The molecule has 1 rings (SSSR count). The fourth-order valence-electron chi connectivity index (χ4n) is 3.94. The predicted molar refractivity (Wildman–Crippen MR) is 128 cm³/mol.